The van der Waals surface area contributed by atoms with Gasteiger partial charge in [0.05, 0.1) is 29.0 Å². The van der Waals surface area contributed by atoms with Crippen LogP contribution in [0.3, 0.4) is 0 Å². The van der Waals surface area contributed by atoms with Gasteiger partial charge in [0, 0.05) is 43.4 Å². The Hall–Kier alpha value is -3.58. The molecule has 0 aliphatic rings. The Balaban J connectivity index is 1.69. The predicted octanol–water partition coefficient (Wildman–Crippen LogP) is 2.99. The molecule has 0 bridgehead atoms. The number of aryl methyl sites for hydroxylation is 1. The lowest BCUT2D eigenvalue weighted by Crippen LogP contribution is -2.29. The molecule has 0 saturated heterocycles. The Morgan fingerprint density at radius 2 is 1.97 bits per heavy atom. The van der Waals surface area contributed by atoms with Crippen LogP contribution in [0.4, 0.5) is 0 Å². The van der Waals surface area contributed by atoms with Crippen molar-refractivity contribution < 1.29 is 9.90 Å². The minimum absolute atomic E-state index is 0.0449. The Bertz CT molecular complexity index is 1340. The fraction of sp³-hybridized carbons (Fsp3) is 0.250. The van der Waals surface area contributed by atoms with Crippen LogP contribution >= 0.6 is 0 Å². The van der Waals surface area contributed by atoms with Crippen molar-refractivity contribution in [2.24, 2.45) is 7.05 Å². The number of aliphatic hydroxyl groups is 1. The van der Waals surface area contributed by atoms with Crippen LogP contribution in [0.5, 0.6) is 0 Å². The van der Waals surface area contributed by atoms with Crippen molar-refractivity contribution in [2.75, 3.05) is 13.6 Å². The van der Waals surface area contributed by atoms with Gasteiger partial charge in [-0.05, 0) is 55.1 Å². The van der Waals surface area contributed by atoms with Gasteiger partial charge in [0.25, 0.3) is 11.5 Å². The number of fused-ring (bicyclic) bond motifs is 2. The lowest BCUT2D eigenvalue weighted by atomic mass is 10.1. The third kappa shape index (κ3) is 4.18. The van der Waals surface area contributed by atoms with Crippen LogP contribution < -0.4 is 5.56 Å². The summed E-state index contributed by atoms with van der Waals surface area (Å²) >= 11 is 0. The second kappa shape index (κ2) is 8.28. The molecule has 1 N–H and O–H groups in total. The Labute approximate surface area is 179 Å². The second-order valence-corrected chi connectivity index (χ2v) is 7.86. The van der Waals surface area contributed by atoms with Gasteiger partial charge in [-0.15, -0.1) is 0 Å². The number of rotatable bonds is 5. The molecule has 2 heterocycles. The third-order valence-corrected chi connectivity index (χ3v) is 5.39. The topological polar surface area (TPSA) is 88.3 Å². The fourth-order valence-corrected chi connectivity index (χ4v) is 3.49. The molecule has 0 spiro atoms. The predicted molar refractivity (Wildman–Crippen MR) is 121 cm³/mol. The highest BCUT2D eigenvalue weighted by atomic mass is 16.3. The lowest BCUT2D eigenvalue weighted by molar-refractivity contribution is 0.0769. The van der Waals surface area contributed by atoms with Crippen molar-refractivity contribution in [3.63, 3.8) is 0 Å². The molecule has 158 valence electrons. The van der Waals surface area contributed by atoms with E-state index < -0.39 is 6.10 Å². The minimum Gasteiger partial charge on any atom is -0.393 e. The van der Waals surface area contributed by atoms with Gasteiger partial charge < -0.3 is 14.6 Å². The Kier molecular flexibility index (Phi) is 5.52. The van der Waals surface area contributed by atoms with Gasteiger partial charge in [0.2, 0.25) is 0 Å². The average molecular weight is 416 g/mol. The molecule has 1 atom stereocenters. The van der Waals surface area contributed by atoms with Gasteiger partial charge in [-0.2, -0.15) is 0 Å². The maximum atomic E-state index is 12.7. The lowest BCUT2D eigenvalue weighted by Gasteiger charge is -2.18. The van der Waals surface area contributed by atoms with E-state index in [0.29, 0.717) is 40.6 Å². The zero-order valence-corrected chi connectivity index (χ0v) is 17.7. The summed E-state index contributed by atoms with van der Waals surface area (Å²) in [6.07, 6.45) is 3.50. The van der Waals surface area contributed by atoms with E-state index in [1.54, 1.807) is 67.1 Å². The molecule has 0 aliphatic heterocycles. The summed E-state index contributed by atoms with van der Waals surface area (Å²) in [7, 11) is 3.45. The monoisotopic (exact) mass is 416 g/mol. The number of pyridine rings is 1. The minimum atomic E-state index is -0.456. The second-order valence-electron chi connectivity index (χ2n) is 7.86. The van der Waals surface area contributed by atoms with Crippen LogP contribution in [0.2, 0.25) is 0 Å². The summed E-state index contributed by atoms with van der Waals surface area (Å²) in [6.45, 7) is 2.17. The molecule has 1 amide bonds. The highest BCUT2D eigenvalue weighted by Gasteiger charge is 2.14. The van der Waals surface area contributed by atoms with Crippen LogP contribution in [0, 0.1) is 0 Å². The highest BCUT2D eigenvalue weighted by molar-refractivity contribution is 5.97. The molecule has 2 aromatic heterocycles. The van der Waals surface area contributed by atoms with E-state index in [9.17, 15) is 14.7 Å². The number of carbonyl (C=O) groups excluding carboxylic acids is 1. The summed E-state index contributed by atoms with van der Waals surface area (Å²) in [6, 6.07) is 12.7. The van der Waals surface area contributed by atoms with Crippen molar-refractivity contribution in [3.05, 3.63) is 70.8 Å². The Morgan fingerprint density at radius 1 is 1.16 bits per heavy atom. The van der Waals surface area contributed by atoms with Crippen LogP contribution in [-0.2, 0) is 7.05 Å². The zero-order chi connectivity index (χ0) is 22.1. The summed E-state index contributed by atoms with van der Waals surface area (Å²) in [5.41, 5.74) is 3.31. The van der Waals surface area contributed by atoms with Crippen molar-refractivity contribution in [1.29, 1.82) is 0 Å². The molecule has 0 fully saturated rings. The number of benzene rings is 2. The molecule has 0 saturated carbocycles. The molecule has 4 aromatic rings. The molecule has 7 heteroatoms. The SMILES string of the molecule is CC(O)CCN(C)C(=O)c1ccc2ncc(-c3ccc4c(=O)n(C)ccc4c3)nc2c1. The number of amides is 1. The molecule has 0 radical (unpaired) electrons. The first kappa shape index (κ1) is 20.7. The van der Waals surface area contributed by atoms with Crippen molar-refractivity contribution in [1.82, 2.24) is 19.4 Å². The largest absolute Gasteiger partial charge is 0.393 e. The molecule has 2 aromatic carbocycles. The normalized spacial score (nSPS) is 12.3. The van der Waals surface area contributed by atoms with E-state index in [2.05, 4.69) is 4.98 Å². The Morgan fingerprint density at radius 3 is 2.74 bits per heavy atom. The molecule has 4 rings (SSSR count). The number of nitrogens with zero attached hydrogens (tertiary/aromatic N) is 4. The molecule has 31 heavy (non-hydrogen) atoms. The van der Waals surface area contributed by atoms with Crippen LogP contribution in [0.25, 0.3) is 33.1 Å². The van der Waals surface area contributed by atoms with Gasteiger partial charge in [-0.25, -0.2) is 4.98 Å². The van der Waals surface area contributed by atoms with Gasteiger partial charge in [-0.3, -0.25) is 14.6 Å². The zero-order valence-electron chi connectivity index (χ0n) is 17.7. The summed E-state index contributed by atoms with van der Waals surface area (Å²) < 4.78 is 1.55. The van der Waals surface area contributed by atoms with E-state index >= 15 is 0 Å². The number of carbonyl (C=O) groups is 1. The van der Waals surface area contributed by atoms with Crippen molar-refractivity contribution in [2.45, 2.75) is 19.4 Å². The van der Waals surface area contributed by atoms with E-state index in [1.165, 1.54) is 0 Å². The van der Waals surface area contributed by atoms with E-state index in [1.807, 2.05) is 18.2 Å². The standard InChI is InChI=1S/C24H24N4O3/c1-15(29)8-10-27(2)23(30)18-5-7-20-21(13-18)26-22(14-25-20)17-4-6-19-16(12-17)9-11-28(3)24(19)31/h4-7,9,11-15,29H,8,10H2,1-3H3. The van der Waals surface area contributed by atoms with Crippen LogP contribution in [0.15, 0.2) is 59.7 Å². The first-order chi connectivity index (χ1) is 14.8. The van der Waals surface area contributed by atoms with Gasteiger partial charge in [-0.1, -0.05) is 6.07 Å². The smallest absolute Gasteiger partial charge is 0.258 e. The van der Waals surface area contributed by atoms with Crippen molar-refractivity contribution >= 4 is 27.7 Å². The summed E-state index contributed by atoms with van der Waals surface area (Å²) in [5.74, 6) is -0.128. The number of hydrogen-bond donors (Lipinski definition) is 1. The first-order valence-electron chi connectivity index (χ1n) is 10.1. The summed E-state index contributed by atoms with van der Waals surface area (Å²) in [4.78, 5) is 35.8. The molecular weight excluding hydrogens is 392 g/mol. The summed E-state index contributed by atoms with van der Waals surface area (Å²) in [5, 5.41) is 10.9. The molecule has 0 aliphatic carbocycles. The third-order valence-electron chi connectivity index (χ3n) is 5.39. The van der Waals surface area contributed by atoms with E-state index in [-0.39, 0.29) is 11.5 Å². The molecule has 1 unspecified atom stereocenters. The number of aromatic nitrogens is 3. The van der Waals surface area contributed by atoms with E-state index in [4.69, 9.17) is 4.98 Å². The van der Waals surface area contributed by atoms with Crippen LogP contribution in [0.1, 0.15) is 23.7 Å². The molecular formula is C24H24N4O3. The first-order valence-corrected chi connectivity index (χ1v) is 10.1. The highest BCUT2D eigenvalue weighted by Crippen LogP contribution is 2.23. The van der Waals surface area contributed by atoms with Crippen LogP contribution in [-0.4, -0.2) is 50.1 Å². The van der Waals surface area contributed by atoms with Gasteiger partial charge >= 0.3 is 0 Å². The average Bonchev–Trinajstić information content (AvgIpc) is 2.78. The molecule has 7 nitrogen and oxygen atoms in total. The van der Waals surface area contributed by atoms with Gasteiger partial charge in [0.15, 0.2) is 0 Å². The quantitative estimate of drug-likeness (QED) is 0.540. The maximum absolute atomic E-state index is 12.7. The van der Waals surface area contributed by atoms with Crippen molar-refractivity contribution in [3.8, 4) is 11.3 Å². The van der Waals surface area contributed by atoms with Gasteiger partial charge in [0.1, 0.15) is 0 Å². The maximum Gasteiger partial charge on any atom is 0.258 e. The fourth-order valence-electron chi connectivity index (χ4n) is 3.49. The number of aliphatic hydroxyl groups excluding tert-OH is 1. The van der Waals surface area contributed by atoms with E-state index in [0.717, 1.165) is 10.9 Å². The number of hydrogen-bond acceptors (Lipinski definition) is 5.